The Morgan fingerprint density at radius 2 is 2.33 bits per heavy atom. The van der Waals surface area contributed by atoms with Crippen LogP contribution in [0, 0.1) is 0 Å². The van der Waals surface area contributed by atoms with Crippen LogP contribution in [0.3, 0.4) is 0 Å². The standard InChI is InChI=1S/C7H11NO4/c9-4-12-6-2-1-5(3-6)8-7(10)11/h4-6,8H,1-3H2,(H,10,11). The van der Waals surface area contributed by atoms with Gasteiger partial charge in [0.25, 0.3) is 6.47 Å². The summed E-state index contributed by atoms with van der Waals surface area (Å²) in [6.45, 7) is 0.411. The Bertz CT molecular complexity index is 182. The van der Waals surface area contributed by atoms with E-state index in [-0.39, 0.29) is 12.1 Å². The molecule has 2 atom stereocenters. The van der Waals surface area contributed by atoms with Gasteiger partial charge in [-0.15, -0.1) is 0 Å². The molecule has 0 aliphatic heterocycles. The number of carboxylic acid groups (broad SMARTS) is 1. The fourth-order valence-corrected chi connectivity index (χ4v) is 1.45. The van der Waals surface area contributed by atoms with Gasteiger partial charge in [0.05, 0.1) is 0 Å². The number of rotatable bonds is 3. The van der Waals surface area contributed by atoms with E-state index in [0.29, 0.717) is 12.9 Å². The smallest absolute Gasteiger partial charge is 0.404 e. The molecule has 1 aliphatic carbocycles. The van der Waals surface area contributed by atoms with Gasteiger partial charge < -0.3 is 15.2 Å². The van der Waals surface area contributed by atoms with Crippen LogP contribution in [0.15, 0.2) is 0 Å². The second kappa shape index (κ2) is 3.94. The molecule has 0 aromatic heterocycles. The van der Waals surface area contributed by atoms with E-state index in [2.05, 4.69) is 5.32 Å². The lowest BCUT2D eigenvalue weighted by Gasteiger charge is -2.09. The monoisotopic (exact) mass is 173 g/mol. The second-order valence-corrected chi connectivity index (χ2v) is 2.81. The quantitative estimate of drug-likeness (QED) is 0.604. The van der Waals surface area contributed by atoms with Crippen molar-refractivity contribution in [2.24, 2.45) is 0 Å². The van der Waals surface area contributed by atoms with E-state index in [9.17, 15) is 9.59 Å². The predicted octanol–water partition coefficient (Wildman–Crippen LogP) is 0.348. The molecule has 2 unspecified atom stereocenters. The molecule has 1 saturated carbocycles. The van der Waals surface area contributed by atoms with E-state index in [0.717, 1.165) is 12.8 Å². The van der Waals surface area contributed by atoms with Crippen LogP contribution < -0.4 is 5.32 Å². The summed E-state index contributed by atoms with van der Waals surface area (Å²) in [7, 11) is 0. The minimum Gasteiger partial charge on any atom is -0.465 e. The summed E-state index contributed by atoms with van der Waals surface area (Å²) in [6, 6.07) is -0.0625. The minimum atomic E-state index is -1.02. The molecule has 1 aliphatic rings. The van der Waals surface area contributed by atoms with Gasteiger partial charge in [-0.05, 0) is 12.8 Å². The Labute approximate surface area is 69.7 Å². The number of hydrogen-bond acceptors (Lipinski definition) is 3. The molecule has 1 amide bonds. The molecule has 0 aromatic rings. The highest BCUT2D eigenvalue weighted by Crippen LogP contribution is 2.21. The van der Waals surface area contributed by atoms with Crippen molar-refractivity contribution >= 4 is 12.6 Å². The van der Waals surface area contributed by atoms with E-state index >= 15 is 0 Å². The molecular formula is C7H11NO4. The van der Waals surface area contributed by atoms with Crippen molar-refractivity contribution < 1.29 is 19.4 Å². The highest BCUT2D eigenvalue weighted by molar-refractivity contribution is 5.64. The lowest BCUT2D eigenvalue weighted by molar-refractivity contribution is -0.133. The molecule has 0 spiro atoms. The number of ether oxygens (including phenoxy) is 1. The summed E-state index contributed by atoms with van der Waals surface area (Å²) < 4.78 is 4.70. The zero-order valence-corrected chi connectivity index (χ0v) is 6.53. The molecule has 0 heterocycles. The highest BCUT2D eigenvalue weighted by atomic mass is 16.5. The van der Waals surface area contributed by atoms with Gasteiger partial charge in [-0.2, -0.15) is 0 Å². The molecule has 0 radical (unpaired) electrons. The molecule has 1 fully saturated rings. The van der Waals surface area contributed by atoms with Gasteiger partial charge in [0.15, 0.2) is 0 Å². The number of hydrogen-bond donors (Lipinski definition) is 2. The van der Waals surface area contributed by atoms with Gasteiger partial charge in [0, 0.05) is 12.5 Å². The number of amides is 1. The van der Waals surface area contributed by atoms with Crippen molar-refractivity contribution in [3.63, 3.8) is 0 Å². The highest BCUT2D eigenvalue weighted by Gasteiger charge is 2.26. The Morgan fingerprint density at radius 1 is 1.58 bits per heavy atom. The SMILES string of the molecule is O=COC1CCC(NC(=O)O)C1. The van der Waals surface area contributed by atoms with Crippen molar-refractivity contribution in [3.8, 4) is 0 Å². The summed E-state index contributed by atoms with van der Waals surface area (Å²) in [6.07, 6.45) is 0.936. The summed E-state index contributed by atoms with van der Waals surface area (Å²) >= 11 is 0. The van der Waals surface area contributed by atoms with Gasteiger partial charge in [-0.3, -0.25) is 4.79 Å². The van der Waals surface area contributed by atoms with Gasteiger partial charge in [0.2, 0.25) is 0 Å². The Balaban J connectivity index is 2.25. The molecule has 12 heavy (non-hydrogen) atoms. The Kier molecular flexibility index (Phi) is 2.90. The van der Waals surface area contributed by atoms with Crippen molar-refractivity contribution in [3.05, 3.63) is 0 Å². The number of carbonyl (C=O) groups is 2. The Morgan fingerprint density at radius 3 is 2.92 bits per heavy atom. The normalized spacial score (nSPS) is 28.0. The number of carbonyl (C=O) groups excluding carboxylic acids is 1. The van der Waals surface area contributed by atoms with Crippen molar-refractivity contribution in [1.82, 2.24) is 5.32 Å². The maximum atomic E-state index is 10.2. The maximum Gasteiger partial charge on any atom is 0.404 e. The molecule has 1 rings (SSSR count). The molecule has 0 saturated heterocycles. The van der Waals surface area contributed by atoms with Crippen molar-refractivity contribution in [2.75, 3.05) is 0 Å². The van der Waals surface area contributed by atoms with Crippen LogP contribution in [0.5, 0.6) is 0 Å². The fourth-order valence-electron chi connectivity index (χ4n) is 1.45. The lowest BCUT2D eigenvalue weighted by atomic mass is 10.2. The molecule has 0 aromatic carbocycles. The van der Waals surface area contributed by atoms with Crippen molar-refractivity contribution in [2.45, 2.75) is 31.4 Å². The minimum absolute atomic E-state index is 0.0625. The third-order valence-corrected chi connectivity index (χ3v) is 1.96. The summed E-state index contributed by atoms with van der Waals surface area (Å²) in [5.41, 5.74) is 0. The van der Waals surface area contributed by atoms with E-state index in [1.54, 1.807) is 0 Å². The zero-order chi connectivity index (χ0) is 8.97. The average molecular weight is 173 g/mol. The second-order valence-electron chi connectivity index (χ2n) is 2.81. The first-order valence-corrected chi connectivity index (χ1v) is 3.81. The molecule has 2 N–H and O–H groups in total. The fraction of sp³-hybridized carbons (Fsp3) is 0.714. The number of nitrogens with one attached hydrogen (secondary N) is 1. The van der Waals surface area contributed by atoms with Crippen molar-refractivity contribution in [1.29, 1.82) is 0 Å². The third kappa shape index (κ3) is 2.41. The van der Waals surface area contributed by atoms with Crippen LogP contribution in [0.1, 0.15) is 19.3 Å². The first kappa shape index (κ1) is 8.83. The van der Waals surface area contributed by atoms with Crippen LogP contribution in [-0.2, 0) is 9.53 Å². The average Bonchev–Trinajstić information content (AvgIpc) is 2.36. The first-order chi connectivity index (χ1) is 5.72. The predicted molar refractivity (Wildman–Crippen MR) is 39.7 cm³/mol. The van der Waals surface area contributed by atoms with Crippen LogP contribution in [0.25, 0.3) is 0 Å². The molecule has 68 valence electrons. The summed E-state index contributed by atoms with van der Waals surface area (Å²) in [4.78, 5) is 20.1. The maximum absolute atomic E-state index is 10.2. The van der Waals surface area contributed by atoms with E-state index < -0.39 is 6.09 Å². The molecule has 5 nitrogen and oxygen atoms in total. The Hall–Kier alpha value is -1.26. The van der Waals surface area contributed by atoms with Crippen LogP contribution in [-0.4, -0.2) is 29.8 Å². The summed E-state index contributed by atoms with van der Waals surface area (Å²) in [5.74, 6) is 0. The molecular weight excluding hydrogens is 162 g/mol. The van der Waals surface area contributed by atoms with E-state index in [4.69, 9.17) is 9.84 Å². The van der Waals surface area contributed by atoms with Gasteiger partial charge in [0.1, 0.15) is 6.10 Å². The van der Waals surface area contributed by atoms with Gasteiger partial charge in [-0.25, -0.2) is 4.79 Å². The van der Waals surface area contributed by atoms with E-state index in [1.807, 2.05) is 0 Å². The lowest BCUT2D eigenvalue weighted by Crippen LogP contribution is -2.31. The van der Waals surface area contributed by atoms with Gasteiger partial charge >= 0.3 is 6.09 Å². The molecule has 5 heteroatoms. The van der Waals surface area contributed by atoms with Gasteiger partial charge in [-0.1, -0.05) is 0 Å². The zero-order valence-electron chi connectivity index (χ0n) is 6.53. The van der Waals surface area contributed by atoms with Crippen LogP contribution in [0.4, 0.5) is 4.79 Å². The molecule has 0 bridgehead atoms. The topological polar surface area (TPSA) is 75.6 Å². The van der Waals surface area contributed by atoms with Crippen LogP contribution >= 0.6 is 0 Å². The van der Waals surface area contributed by atoms with Crippen LogP contribution in [0.2, 0.25) is 0 Å². The summed E-state index contributed by atoms with van der Waals surface area (Å²) in [5, 5.41) is 10.7. The third-order valence-electron chi connectivity index (χ3n) is 1.96. The largest absolute Gasteiger partial charge is 0.465 e. The first-order valence-electron chi connectivity index (χ1n) is 3.81. The van der Waals surface area contributed by atoms with E-state index in [1.165, 1.54) is 0 Å².